The van der Waals surface area contributed by atoms with Crippen LogP contribution in [0.5, 0.6) is 0 Å². The van der Waals surface area contributed by atoms with E-state index in [1.807, 2.05) is 0 Å². The Kier molecular flexibility index (Phi) is 4.77. The van der Waals surface area contributed by atoms with Crippen LogP contribution in [0, 0.1) is 5.82 Å². The molecule has 0 spiro atoms. The first-order valence-corrected chi connectivity index (χ1v) is 7.09. The van der Waals surface area contributed by atoms with Crippen LogP contribution < -0.4 is 0 Å². The number of ketones is 1. The highest BCUT2D eigenvalue weighted by molar-refractivity contribution is 6.03. The maximum Gasteiger partial charge on any atom is 0.384 e. The summed E-state index contributed by atoms with van der Waals surface area (Å²) < 4.78 is 162. The first kappa shape index (κ1) is 22.9. The Balaban J connectivity index is 2.71. The van der Waals surface area contributed by atoms with E-state index in [0.29, 0.717) is 24.3 Å². The van der Waals surface area contributed by atoms with E-state index in [2.05, 4.69) is 0 Å². The number of aliphatic hydroxyl groups is 1. The summed E-state index contributed by atoms with van der Waals surface area (Å²) in [6.07, 6.45) is -0.898. The lowest BCUT2D eigenvalue weighted by molar-refractivity contribution is -0.475. The zero-order valence-corrected chi connectivity index (χ0v) is 13.3. The van der Waals surface area contributed by atoms with Crippen LogP contribution in [0.3, 0.4) is 0 Å². The van der Waals surface area contributed by atoms with Gasteiger partial charge in [-0.05, 0) is 24.3 Å². The van der Waals surface area contributed by atoms with E-state index in [1.165, 1.54) is 0 Å². The molecule has 1 aromatic rings. The molecule has 14 heteroatoms. The molecule has 0 bridgehead atoms. The summed E-state index contributed by atoms with van der Waals surface area (Å²) in [5.74, 6) is -43.2. The molecule has 0 aliphatic heterocycles. The van der Waals surface area contributed by atoms with E-state index in [1.54, 1.807) is 0 Å². The highest BCUT2D eigenvalue weighted by atomic mass is 19.4. The molecule has 2 rings (SSSR count). The van der Waals surface area contributed by atoms with Crippen molar-refractivity contribution in [1.29, 1.82) is 0 Å². The van der Waals surface area contributed by atoms with Gasteiger partial charge in [-0.3, -0.25) is 4.79 Å². The minimum atomic E-state index is -7.45. The Bertz CT molecular complexity index is 827. The lowest BCUT2D eigenvalue weighted by Crippen LogP contribution is -2.85. The molecule has 29 heavy (non-hydrogen) atoms. The van der Waals surface area contributed by atoms with Gasteiger partial charge in [-0.2, -0.15) is 43.9 Å². The number of aliphatic hydroxyl groups excluding tert-OH is 1. The predicted octanol–water partition coefficient (Wildman–Crippen LogP) is 5.19. The van der Waals surface area contributed by atoms with Gasteiger partial charge in [-0.1, -0.05) is 0 Å². The number of hydrogen-bond donors (Lipinski definition) is 1. The van der Waals surface area contributed by atoms with Crippen LogP contribution in [0.4, 0.5) is 52.7 Å². The third-order valence-corrected chi connectivity index (χ3v) is 4.19. The predicted molar refractivity (Wildman–Crippen MR) is 70.6 cm³/mol. The zero-order chi connectivity index (χ0) is 22.8. The Morgan fingerprint density at radius 3 is 1.41 bits per heavy atom. The maximum absolute atomic E-state index is 14.4. The van der Waals surface area contributed by atoms with Gasteiger partial charge >= 0.3 is 35.3 Å². The molecule has 1 fully saturated rings. The molecule has 0 radical (unpaired) electrons. The lowest BCUT2D eigenvalue weighted by Gasteiger charge is -2.51. The molecule has 0 aromatic heterocycles. The van der Waals surface area contributed by atoms with Crippen molar-refractivity contribution in [1.82, 2.24) is 0 Å². The van der Waals surface area contributed by atoms with Crippen LogP contribution in [0.15, 0.2) is 30.3 Å². The van der Waals surface area contributed by atoms with Crippen molar-refractivity contribution in [2.24, 2.45) is 0 Å². The van der Waals surface area contributed by atoms with Crippen molar-refractivity contribution in [2.45, 2.75) is 35.3 Å². The molecule has 1 saturated carbocycles. The van der Waals surface area contributed by atoms with Crippen LogP contribution >= 0.6 is 0 Å². The second-order valence-corrected chi connectivity index (χ2v) is 5.93. The Labute approximate surface area is 152 Å². The SMILES string of the molecule is O=C(/C=C(\O)c1ccc(F)cc1)C1(F)C(F)(F)C(F)(F)C(F)(F)C(F)(F)C1(F)F. The molecule has 1 N–H and O–H groups in total. The molecule has 0 heterocycles. The van der Waals surface area contributed by atoms with Gasteiger partial charge in [0.2, 0.25) is 5.78 Å². The van der Waals surface area contributed by atoms with Crippen molar-refractivity contribution in [3.8, 4) is 0 Å². The smallest absolute Gasteiger partial charge is 0.384 e. The average Bonchev–Trinajstić information content (AvgIpc) is 2.59. The minimum Gasteiger partial charge on any atom is -0.507 e. The molecule has 0 unspecified atom stereocenters. The topological polar surface area (TPSA) is 37.3 Å². The summed E-state index contributed by atoms with van der Waals surface area (Å²) in [6.45, 7) is 0. The minimum absolute atomic E-state index is 0.557. The summed E-state index contributed by atoms with van der Waals surface area (Å²) >= 11 is 0. The fourth-order valence-electron chi connectivity index (χ4n) is 2.46. The molecule has 1 aliphatic rings. The number of rotatable bonds is 3. The summed E-state index contributed by atoms with van der Waals surface area (Å²) in [6, 6.07) is 2.27. The molecule has 162 valence electrons. The molecular weight excluding hydrogens is 440 g/mol. The van der Waals surface area contributed by atoms with Crippen molar-refractivity contribution < 1.29 is 62.6 Å². The highest BCUT2D eigenvalue weighted by Gasteiger charge is 3.02. The van der Waals surface area contributed by atoms with E-state index < -0.39 is 64.3 Å². The summed E-state index contributed by atoms with van der Waals surface area (Å²) in [4.78, 5) is 11.6. The zero-order valence-electron chi connectivity index (χ0n) is 13.3. The van der Waals surface area contributed by atoms with Gasteiger partial charge < -0.3 is 5.11 Å². The van der Waals surface area contributed by atoms with Gasteiger partial charge in [0.1, 0.15) is 11.6 Å². The van der Waals surface area contributed by atoms with E-state index in [9.17, 15) is 62.6 Å². The fourth-order valence-corrected chi connectivity index (χ4v) is 2.46. The maximum atomic E-state index is 14.4. The van der Waals surface area contributed by atoms with E-state index >= 15 is 0 Å². The normalized spacial score (nSPS) is 26.0. The largest absolute Gasteiger partial charge is 0.507 e. The Hall–Kier alpha value is -2.41. The van der Waals surface area contributed by atoms with Gasteiger partial charge in [0.05, 0.1) is 0 Å². The van der Waals surface area contributed by atoms with Gasteiger partial charge in [0.25, 0.3) is 0 Å². The third kappa shape index (κ3) is 2.49. The standard InChI is InChI=1S/C15H6F12O2/c16-7-3-1-6(2-4-7)8(28)5-9(29)10(17)11(18,19)13(22,23)15(26,27)14(24,25)12(10,20)21/h1-5,28H/b8-5-. The van der Waals surface area contributed by atoms with Gasteiger partial charge in [-0.25, -0.2) is 8.78 Å². The third-order valence-electron chi connectivity index (χ3n) is 4.19. The molecule has 2 nitrogen and oxygen atoms in total. The van der Waals surface area contributed by atoms with Crippen molar-refractivity contribution >= 4 is 11.5 Å². The fraction of sp³-hybridized carbons (Fsp3) is 0.400. The van der Waals surface area contributed by atoms with E-state index in [4.69, 9.17) is 0 Å². The number of hydrogen-bond acceptors (Lipinski definition) is 2. The average molecular weight is 446 g/mol. The molecule has 0 saturated heterocycles. The first-order valence-electron chi connectivity index (χ1n) is 7.09. The van der Waals surface area contributed by atoms with Crippen LogP contribution in [0.25, 0.3) is 5.76 Å². The monoisotopic (exact) mass is 446 g/mol. The number of allylic oxidation sites excluding steroid dienone is 1. The molecular formula is C15H6F12O2. The van der Waals surface area contributed by atoms with Gasteiger partial charge in [-0.15, -0.1) is 0 Å². The summed E-state index contributed by atoms with van der Waals surface area (Å²) in [5.41, 5.74) is -7.63. The van der Waals surface area contributed by atoms with Crippen molar-refractivity contribution in [3.63, 3.8) is 0 Å². The lowest BCUT2D eigenvalue weighted by atomic mass is 9.70. The molecule has 0 atom stereocenters. The quantitative estimate of drug-likeness (QED) is 0.394. The van der Waals surface area contributed by atoms with Gasteiger partial charge in [0, 0.05) is 11.6 Å². The first-order chi connectivity index (χ1) is 12.8. The molecule has 1 aromatic carbocycles. The second-order valence-electron chi connectivity index (χ2n) is 5.93. The molecule has 1 aliphatic carbocycles. The van der Waals surface area contributed by atoms with E-state index in [0.717, 1.165) is 0 Å². The van der Waals surface area contributed by atoms with Crippen LogP contribution in [-0.4, -0.2) is 46.2 Å². The number of carbonyl (C=O) groups is 1. The van der Waals surface area contributed by atoms with Crippen molar-refractivity contribution in [2.75, 3.05) is 0 Å². The number of halogens is 12. The van der Waals surface area contributed by atoms with Crippen LogP contribution in [0.2, 0.25) is 0 Å². The van der Waals surface area contributed by atoms with Crippen molar-refractivity contribution in [3.05, 3.63) is 41.7 Å². The highest BCUT2D eigenvalue weighted by Crippen LogP contribution is 2.69. The number of alkyl halides is 11. The Morgan fingerprint density at radius 2 is 1.03 bits per heavy atom. The molecule has 0 amide bonds. The summed E-state index contributed by atoms with van der Waals surface area (Å²) in [5, 5.41) is 9.47. The van der Waals surface area contributed by atoms with Gasteiger partial charge in [0.15, 0.2) is 0 Å². The Morgan fingerprint density at radius 1 is 0.690 bits per heavy atom. The van der Waals surface area contributed by atoms with Crippen LogP contribution in [0.1, 0.15) is 5.56 Å². The second kappa shape index (κ2) is 6.05. The summed E-state index contributed by atoms with van der Waals surface area (Å²) in [7, 11) is 0. The van der Waals surface area contributed by atoms with E-state index in [-0.39, 0.29) is 0 Å². The van der Waals surface area contributed by atoms with Crippen LogP contribution in [-0.2, 0) is 4.79 Å². The number of benzene rings is 1. The number of carbonyl (C=O) groups excluding carboxylic acids is 1.